The van der Waals surface area contributed by atoms with Gasteiger partial charge in [0.1, 0.15) is 5.75 Å². The van der Waals surface area contributed by atoms with Crippen LogP contribution in [-0.4, -0.2) is 26.7 Å². The van der Waals surface area contributed by atoms with Crippen molar-refractivity contribution in [3.05, 3.63) is 48.0 Å². The first kappa shape index (κ1) is 16.0. The Labute approximate surface area is 138 Å². The van der Waals surface area contributed by atoms with Crippen molar-refractivity contribution < 1.29 is 22.7 Å². The standard InChI is InChI=1S/C16H14N2O5S/c1-10(19)11-2-5-13(6-3-11)24(21,22)18-12-4-7-15-14(8-12)17-16(20)9-23-15/h2-8,18H,9H2,1H3,(H,17,20). The summed E-state index contributed by atoms with van der Waals surface area (Å²) < 4.78 is 32.4. The van der Waals surface area contributed by atoms with Crippen molar-refractivity contribution in [3.63, 3.8) is 0 Å². The summed E-state index contributed by atoms with van der Waals surface area (Å²) in [4.78, 5) is 22.6. The molecule has 8 heteroatoms. The van der Waals surface area contributed by atoms with Crippen molar-refractivity contribution in [2.75, 3.05) is 16.6 Å². The van der Waals surface area contributed by atoms with Crippen LogP contribution in [0.25, 0.3) is 0 Å². The molecular formula is C16H14N2O5S. The van der Waals surface area contributed by atoms with Gasteiger partial charge in [-0.2, -0.15) is 0 Å². The van der Waals surface area contributed by atoms with Crippen LogP contribution >= 0.6 is 0 Å². The highest BCUT2D eigenvalue weighted by molar-refractivity contribution is 7.92. The van der Waals surface area contributed by atoms with Gasteiger partial charge in [-0.15, -0.1) is 0 Å². The third-order valence-electron chi connectivity index (χ3n) is 3.44. The van der Waals surface area contributed by atoms with E-state index >= 15 is 0 Å². The van der Waals surface area contributed by atoms with E-state index in [-0.39, 0.29) is 28.9 Å². The van der Waals surface area contributed by atoms with Crippen molar-refractivity contribution >= 4 is 33.1 Å². The number of carbonyl (C=O) groups excluding carboxylic acids is 2. The van der Waals surface area contributed by atoms with Gasteiger partial charge in [0.25, 0.3) is 15.9 Å². The molecule has 24 heavy (non-hydrogen) atoms. The third kappa shape index (κ3) is 3.23. The molecule has 0 unspecified atom stereocenters. The van der Waals surface area contributed by atoms with Gasteiger partial charge in [0.15, 0.2) is 12.4 Å². The van der Waals surface area contributed by atoms with Crippen molar-refractivity contribution in [2.45, 2.75) is 11.8 Å². The molecule has 0 saturated heterocycles. The maximum absolute atomic E-state index is 12.4. The maximum Gasteiger partial charge on any atom is 0.262 e. The Bertz CT molecular complexity index is 920. The topological polar surface area (TPSA) is 102 Å². The van der Waals surface area contributed by atoms with Crippen molar-refractivity contribution in [2.24, 2.45) is 0 Å². The van der Waals surface area contributed by atoms with Crippen molar-refractivity contribution in [3.8, 4) is 5.75 Å². The average Bonchev–Trinajstić information content (AvgIpc) is 2.54. The monoisotopic (exact) mass is 346 g/mol. The number of Topliss-reactive ketones (excluding diaryl/α,β-unsaturated/α-hetero) is 1. The lowest BCUT2D eigenvalue weighted by atomic mass is 10.2. The summed E-state index contributed by atoms with van der Waals surface area (Å²) in [5.74, 6) is 0.0306. The van der Waals surface area contributed by atoms with E-state index < -0.39 is 10.0 Å². The first-order valence-corrected chi connectivity index (χ1v) is 8.54. The number of rotatable bonds is 4. The van der Waals surface area contributed by atoms with E-state index in [2.05, 4.69) is 10.0 Å². The number of benzene rings is 2. The van der Waals surface area contributed by atoms with Crippen LogP contribution in [0.3, 0.4) is 0 Å². The van der Waals surface area contributed by atoms with E-state index in [1.807, 2.05) is 0 Å². The summed E-state index contributed by atoms with van der Waals surface area (Å²) in [6, 6.07) is 10.2. The number of hydrogen-bond acceptors (Lipinski definition) is 5. The zero-order chi connectivity index (χ0) is 17.3. The number of nitrogens with one attached hydrogen (secondary N) is 2. The van der Waals surface area contributed by atoms with E-state index in [1.54, 1.807) is 6.07 Å². The highest BCUT2D eigenvalue weighted by Crippen LogP contribution is 2.31. The molecule has 0 aliphatic carbocycles. The molecule has 2 aromatic rings. The Balaban J connectivity index is 1.85. The number of amides is 1. The second-order valence-corrected chi connectivity index (χ2v) is 6.92. The highest BCUT2D eigenvalue weighted by Gasteiger charge is 2.19. The van der Waals surface area contributed by atoms with Crippen LogP contribution in [0.5, 0.6) is 5.75 Å². The molecule has 2 N–H and O–H groups in total. The smallest absolute Gasteiger partial charge is 0.262 e. The average molecular weight is 346 g/mol. The van der Waals surface area contributed by atoms with Crippen LogP contribution in [-0.2, 0) is 14.8 Å². The summed E-state index contributed by atoms with van der Waals surface area (Å²) in [5.41, 5.74) is 1.12. The van der Waals surface area contributed by atoms with Gasteiger partial charge in [-0.3, -0.25) is 14.3 Å². The van der Waals surface area contributed by atoms with E-state index in [1.165, 1.54) is 43.3 Å². The predicted molar refractivity (Wildman–Crippen MR) is 87.8 cm³/mol. The molecule has 0 bridgehead atoms. The summed E-state index contributed by atoms with van der Waals surface area (Å²) in [7, 11) is -3.81. The van der Waals surface area contributed by atoms with Crippen LogP contribution in [0, 0.1) is 0 Å². The summed E-state index contributed by atoms with van der Waals surface area (Å²) in [5, 5.41) is 2.61. The zero-order valence-corrected chi connectivity index (χ0v) is 13.5. The van der Waals surface area contributed by atoms with E-state index in [4.69, 9.17) is 4.74 Å². The Hall–Kier alpha value is -2.87. The minimum Gasteiger partial charge on any atom is -0.482 e. The summed E-state index contributed by atoms with van der Waals surface area (Å²) >= 11 is 0. The molecule has 0 saturated carbocycles. The molecule has 1 heterocycles. The van der Waals surface area contributed by atoms with Crippen LogP contribution in [0.1, 0.15) is 17.3 Å². The fourth-order valence-electron chi connectivity index (χ4n) is 2.23. The fourth-order valence-corrected chi connectivity index (χ4v) is 3.28. The molecule has 0 radical (unpaired) electrons. The Morgan fingerprint density at radius 3 is 2.54 bits per heavy atom. The highest BCUT2D eigenvalue weighted by atomic mass is 32.2. The lowest BCUT2D eigenvalue weighted by molar-refractivity contribution is -0.118. The molecule has 1 aliphatic heterocycles. The number of anilines is 2. The Morgan fingerprint density at radius 1 is 1.17 bits per heavy atom. The largest absolute Gasteiger partial charge is 0.482 e. The van der Waals surface area contributed by atoms with E-state index in [9.17, 15) is 18.0 Å². The number of ether oxygens (including phenoxy) is 1. The first-order valence-electron chi connectivity index (χ1n) is 7.06. The molecule has 1 aliphatic rings. The van der Waals surface area contributed by atoms with Gasteiger partial charge in [-0.25, -0.2) is 8.42 Å². The molecule has 1 amide bonds. The summed E-state index contributed by atoms with van der Waals surface area (Å²) in [6.45, 7) is 1.34. The lowest BCUT2D eigenvalue weighted by Gasteiger charge is -2.18. The second-order valence-electron chi connectivity index (χ2n) is 5.23. The first-order chi connectivity index (χ1) is 11.3. The molecular weight excluding hydrogens is 332 g/mol. The molecule has 0 spiro atoms. The van der Waals surface area contributed by atoms with Gasteiger partial charge in [-0.1, -0.05) is 12.1 Å². The predicted octanol–water partition coefficient (Wildman–Crippen LogP) is 2.02. The maximum atomic E-state index is 12.4. The van der Waals surface area contributed by atoms with Crippen LogP contribution in [0.2, 0.25) is 0 Å². The number of fused-ring (bicyclic) bond motifs is 1. The van der Waals surface area contributed by atoms with Crippen molar-refractivity contribution in [1.29, 1.82) is 0 Å². The Morgan fingerprint density at radius 2 is 1.88 bits per heavy atom. The number of hydrogen-bond donors (Lipinski definition) is 2. The quantitative estimate of drug-likeness (QED) is 0.825. The molecule has 0 aromatic heterocycles. The second kappa shape index (κ2) is 5.97. The van der Waals surface area contributed by atoms with Gasteiger partial charge < -0.3 is 10.1 Å². The third-order valence-corrected chi connectivity index (χ3v) is 4.83. The van der Waals surface area contributed by atoms with Crippen LogP contribution in [0.4, 0.5) is 11.4 Å². The zero-order valence-electron chi connectivity index (χ0n) is 12.7. The molecule has 3 rings (SSSR count). The van der Waals surface area contributed by atoms with Crippen LogP contribution in [0.15, 0.2) is 47.4 Å². The molecule has 0 fully saturated rings. The number of carbonyl (C=O) groups is 2. The minimum atomic E-state index is -3.81. The van der Waals surface area contributed by atoms with Gasteiger partial charge in [0.2, 0.25) is 0 Å². The SMILES string of the molecule is CC(=O)c1ccc(S(=O)(=O)Nc2ccc3c(c2)NC(=O)CO3)cc1. The minimum absolute atomic E-state index is 0.0329. The lowest BCUT2D eigenvalue weighted by Crippen LogP contribution is -2.25. The summed E-state index contributed by atoms with van der Waals surface area (Å²) in [6.07, 6.45) is 0. The van der Waals surface area contributed by atoms with Gasteiger partial charge >= 0.3 is 0 Å². The Kier molecular flexibility index (Phi) is 3.98. The van der Waals surface area contributed by atoms with Gasteiger partial charge in [-0.05, 0) is 37.3 Å². The number of sulfonamides is 1. The molecule has 0 atom stereocenters. The fraction of sp³-hybridized carbons (Fsp3) is 0.125. The number of ketones is 1. The van der Waals surface area contributed by atoms with E-state index in [0.717, 1.165) is 0 Å². The normalized spacial score (nSPS) is 13.5. The molecule has 2 aromatic carbocycles. The van der Waals surface area contributed by atoms with Crippen LogP contribution < -0.4 is 14.8 Å². The molecule has 124 valence electrons. The molecule has 7 nitrogen and oxygen atoms in total. The van der Waals surface area contributed by atoms with E-state index in [0.29, 0.717) is 17.0 Å². The van der Waals surface area contributed by atoms with Crippen molar-refractivity contribution in [1.82, 2.24) is 0 Å². The van der Waals surface area contributed by atoms with Gasteiger partial charge in [0, 0.05) is 5.56 Å². The van der Waals surface area contributed by atoms with Gasteiger partial charge in [0.05, 0.1) is 16.3 Å².